The average molecular weight is 206 g/mol. The van der Waals surface area contributed by atoms with E-state index in [1.165, 1.54) is 0 Å². The Kier molecular flexibility index (Phi) is 2.16. The van der Waals surface area contributed by atoms with Crippen molar-refractivity contribution >= 4 is 11.6 Å². The van der Waals surface area contributed by atoms with Crippen LogP contribution in [0.25, 0.3) is 0 Å². The van der Waals surface area contributed by atoms with Gasteiger partial charge in [-0.25, -0.2) is 0 Å². The number of carbonyl (C=O) groups excluding carboxylic acids is 1. The zero-order valence-electron chi connectivity index (χ0n) is 8.58. The van der Waals surface area contributed by atoms with Gasteiger partial charge in [0, 0.05) is 0 Å². The van der Waals surface area contributed by atoms with E-state index >= 15 is 0 Å². The highest BCUT2D eigenvalue weighted by molar-refractivity contribution is 6.00. The molecule has 1 aliphatic carbocycles. The molecule has 0 radical (unpaired) electrons. The summed E-state index contributed by atoms with van der Waals surface area (Å²) in [5.74, 6) is -0.144. The molecule has 0 aromatic heterocycles. The molecule has 4 heteroatoms. The van der Waals surface area contributed by atoms with Gasteiger partial charge >= 0.3 is 0 Å². The van der Waals surface area contributed by atoms with Crippen LogP contribution >= 0.6 is 0 Å². The van der Waals surface area contributed by atoms with E-state index in [0.717, 1.165) is 5.56 Å². The van der Waals surface area contributed by atoms with Crippen molar-refractivity contribution in [1.82, 2.24) is 0 Å². The number of hydrogen-bond donors (Lipinski definition) is 3. The van der Waals surface area contributed by atoms with Crippen LogP contribution in [0.2, 0.25) is 0 Å². The Morgan fingerprint density at radius 2 is 2.20 bits per heavy atom. The molecule has 0 unspecified atom stereocenters. The molecule has 0 heterocycles. The van der Waals surface area contributed by atoms with Crippen molar-refractivity contribution < 1.29 is 9.90 Å². The van der Waals surface area contributed by atoms with E-state index in [4.69, 9.17) is 5.73 Å². The number of aryl methyl sites for hydroxylation is 1. The van der Waals surface area contributed by atoms with Gasteiger partial charge in [-0.3, -0.25) is 4.79 Å². The second-order valence-electron chi connectivity index (χ2n) is 4.13. The Balaban J connectivity index is 2.14. The summed E-state index contributed by atoms with van der Waals surface area (Å²) in [5, 5.41) is 12.2. The van der Waals surface area contributed by atoms with Gasteiger partial charge in [-0.05, 0) is 37.5 Å². The van der Waals surface area contributed by atoms with E-state index < -0.39 is 5.54 Å². The lowest BCUT2D eigenvalue weighted by Crippen LogP contribution is -2.37. The van der Waals surface area contributed by atoms with Crippen molar-refractivity contribution in [2.75, 3.05) is 5.32 Å². The highest BCUT2D eigenvalue weighted by Gasteiger charge is 2.46. The van der Waals surface area contributed by atoms with Crippen LogP contribution in [0.15, 0.2) is 18.2 Å². The molecule has 0 atom stereocenters. The number of benzene rings is 1. The molecule has 1 aliphatic rings. The number of phenolic OH excluding ortho intramolecular Hbond substituents is 1. The third-order valence-electron chi connectivity index (χ3n) is 2.64. The Morgan fingerprint density at radius 3 is 2.73 bits per heavy atom. The van der Waals surface area contributed by atoms with E-state index in [9.17, 15) is 9.90 Å². The van der Waals surface area contributed by atoms with Crippen molar-refractivity contribution in [2.24, 2.45) is 5.73 Å². The Hall–Kier alpha value is -1.55. The predicted molar refractivity (Wildman–Crippen MR) is 57.6 cm³/mol. The molecule has 80 valence electrons. The molecular formula is C11H14N2O2. The van der Waals surface area contributed by atoms with Gasteiger partial charge in [0.25, 0.3) is 0 Å². The van der Waals surface area contributed by atoms with Crippen LogP contribution in [0.4, 0.5) is 5.69 Å². The number of rotatable bonds is 2. The van der Waals surface area contributed by atoms with Crippen LogP contribution in [-0.4, -0.2) is 16.6 Å². The highest BCUT2D eigenvalue weighted by Crippen LogP contribution is 2.34. The van der Waals surface area contributed by atoms with Gasteiger partial charge in [0.2, 0.25) is 5.91 Å². The third kappa shape index (κ3) is 1.94. The minimum atomic E-state index is -0.711. The maximum atomic E-state index is 11.6. The summed E-state index contributed by atoms with van der Waals surface area (Å²) in [5.41, 5.74) is 6.38. The van der Waals surface area contributed by atoms with Crippen molar-refractivity contribution in [3.05, 3.63) is 23.8 Å². The first-order valence-corrected chi connectivity index (χ1v) is 4.91. The molecule has 0 aliphatic heterocycles. The first-order valence-electron chi connectivity index (χ1n) is 4.91. The minimum absolute atomic E-state index is 0.0765. The molecule has 2 rings (SSSR count). The van der Waals surface area contributed by atoms with Crippen molar-refractivity contribution in [2.45, 2.75) is 25.3 Å². The monoisotopic (exact) mass is 206 g/mol. The summed E-state index contributed by atoms with van der Waals surface area (Å²) in [6, 6.07) is 5.10. The van der Waals surface area contributed by atoms with Crippen LogP contribution in [0.5, 0.6) is 5.75 Å². The van der Waals surface area contributed by atoms with E-state index in [-0.39, 0.29) is 11.7 Å². The fourth-order valence-electron chi connectivity index (χ4n) is 1.36. The third-order valence-corrected chi connectivity index (χ3v) is 2.64. The van der Waals surface area contributed by atoms with Crippen molar-refractivity contribution in [3.8, 4) is 5.75 Å². The number of aromatic hydroxyl groups is 1. The standard InChI is InChI=1S/C11H14N2O2/c1-7-2-3-8(9(14)6-7)13-10(15)11(12)4-5-11/h2-3,6,14H,4-5,12H2,1H3,(H,13,15). The SMILES string of the molecule is Cc1ccc(NC(=O)C2(N)CC2)c(O)c1. The summed E-state index contributed by atoms with van der Waals surface area (Å²) in [4.78, 5) is 11.6. The molecule has 1 saturated carbocycles. The van der Waals surface area contributed by atoms with Crippen LogP contribution < -0.4 is 11.1 Å². The highest BCUT2D eigenvalue weighted by atomic mass is 16.3. The first-order chi connectivity index (χ1) is 7.01. The summed E-state index contributed by atoms with van der Waals surface area (Å²) in [6.07, 6.45) is 1.43. The van der Waals surface area contributed by atoms with Gasteiger partial charge in [0.15, 0.2) is 0 Å². The number of carbonyl (C=O) groups is 1. The number of nitrogens with two attached hydrogens (primary N) is 1. The number of phenols is 1. The minimum Gasteiger partial charge on any atom is -0.506 e. The number of amides is 1. The molecule has 15 heavy (non-hydrogen) atoms. The van der Waals surface area contributed by atoms with Crippen LogP contribution in [0, 0.1) is 6.92 Å². The maximum absolute atomic E-state index is 11.6. The quantitative estimate of drug-likeness (QED) is 0.635. The summed E-state index contributed by atoms with van der Waals surface area (Å²) >= 11 is 0. The average Bonchev–Trinajstić information content (AvgIpc) is 2.90. The summed E-state index contributed by atoms with van der Waals surface area (Å²) < 4.78 is 0. The molecule has 1 aromatic rings. The fourth-order valence-corrected chi connectivity index (χ4v) is 1.36. The molecule has 1 fully saturated rings. The number of nitrogens with one attached hydrogen (secondary N) is 1. The van der Waals surface area contributed by atoms with E-state index in [0.29, 0.717) is 18.5 Å². The predicted octanol–water partition coefficient (Wildman–Crippen LogP) is 1.13. The van der Waals surface area contributed by atoms with E-state index in [2.05, 4.69) is 5.32 Å². The first kappa shape index (κ1) is 9.98. The van der Waals surface area contributed by atoms with Crippen LogP contribution in [0.3, 0.4) is 0 Å². The van der Waals surface area contributed by atoms with Gasteiger partial charge in [0.1, 0.15) is 5.75 Å². The lowest BCUT2D eigenvalue weighted by Gasteiger charge is -2.11. The number of hydrogen-bond acceptors (Lipinski definition) is 3. The smallest absolute Gasteiger partial charge is 0.244 e. The van der Waals surface area contributed by atoms with Crippen molar-refractivity contribution in [3.63, 3.8) is 0 Å². The molecule has 4 N–H and O–H groups in total. The van der Waals surface area contributed by atoms with Gasteiger partial charge in [-0.15, -0.1) is 0 Å². The van der Waals surface area contributed by atoms with E-state index in [1.807, 2.05) is 13.0 Å². The normalized spacial score (nSPS) is 17.2. The molecule has 4 nitrogen and oxygen atoms in total. The second kappa shape index (κ2) is 3.24. The number of anilines is 1. The van der Waals surface area contributed by atoms with Gasteiger partial charge < -0.3 is 16.2 Å². The largest absolute Gasteiger partial charge is 0.506 e. The molecule has 0 spiro atoms. The summed E-state index contributed by atoms with van der Waals surface area (Å²) in [7, 11) is 0. The Morgan fingerprint density at radius 1 is 1.53 bits per heavy atom. The fraction of sp³-hybridized carbons (Fsp3) is 0.364. The summed E-state index contributed by atoms with van der Waals surface area (Å²) in [6.45, 7) is 1.87. The molecular weight excluding hydrogens is 192 g/mol. The molecule has 1 amide bonds. The van der Waals surface area contributed by atoms with Crippen LogP contribution in [-0.2, 0) is 4.79 Å². The Labute approximate surface area is 88.1 Å². The van der Waals surface area contributed by atoms with Crippen LogP contribution in [0.1, 0.15) is 18.4 Å². The van der Waals surface area contributed by atoms with Gasteiger partial charge in [-0.1, -0.05) is 6.07 Å². The van der Waals surface area contributed by atoms with Crippen molar-refractivity contribution in [1.29, 1.82) is 0 Å². The molecule has 0 saturated heterocycles. The van der Waals surface area contributed by atoms with E-state index in [1.54, 1.807) is 12.1 Å². The Bertz CT molecular complexity index is 411. The second-order valence-corrected chi connectivity index (χ2v) is 4.13. The topological polar surface area (TPSA) is 75.4 Å². The zero-order valence-corrected chi connectivity index (χ0v) is 8.58. The van der Waals surface area contributed by atoms with Gasteiger partial charge in [0.05, 0.1) is 11.2 Å². The molecule has 0 bridgehead atoms. The maximum Gasteiger partial charge on any atom is 0.244 e. The lowest BCUT2D eigenvalue weighted by molar-refractivity contribution is -0.118. The molecule has 1 aromatic carbocycles. The lowest BCUT2D eigenvalue weighted by atomic mass is 10.2. The zero-order chi connectivity index (χ0) is 11.1. The van der Waals surface area contributed by atoms with Gasteiger partial charge in [-0.2, -0.15) is 0 Å².